The molecule has 6 nitrogen and oxygen atoms in total. The number of amides is 2. The first-order chi connectivity index (χ1) is 13.8. The third kappa shape index (κ3) is 4.79. The van der Waals surface area contributed by atoms with E-state index in [1.165, 1.54) is 11.0 Å². The summed E-state index contributed by atoms with van der Waals surface area (Å²) in [5, 5.41) is 2.43. The van der Waals surface area contributed by atoms with Crippen molar-refractivity contribution >= 4 is 23.2 Å². The van der Waals surface area contributed by atoms with Crippen molar-refractivity contribution in [2.24, 2.45) is 0 Å². The minimum Gasteiger partial charge on any atom is -0.491 e. The van der Waals surface area contributed by atoms with Crippen molar-refractivity contribution in [2.75, 3.05) is 30.0 Å². The standard InChI is InChI=1S/C20H19F3N2O4/c1-2-9-28-16-8-7-13(20(21,22)23)10-14(16)24-18(26)11-25-15-5-3-4-6-17(15)29-12-19(25)27/h3-8,10H,2,9,11-12H2,1H3,(H,24,26). The van der Waals surface area contributed by atoms with Gasteiger partial charge in [-0.05, 0) is 36.8 Å². The second-order valence-electron chi connectivity index (χ2n) is 6.34. The van der Waals surface area contributed by atoms with Crippen molar-refractivity contribution in [1.82, 2.24) is 0 Å². The van der Waals surface area contributed by atoms with Crippen LogP contribution in [0.25, 0.3) is 0 Å². The van der Waals surface area contributed by atoms with E-state index in [4.69, 9.17) is 9.47 Å². The zero-order valence-corrected chi connectivity index (χ0v) is 15.6. The number of para-hydroxylation sites is 2. The molecule has 29 heavy (non-hydrogen) atoms. The van der Waals surface area contributed by atoms with Gasteiger partial charge >= 0.3 is 6.18 Å². The lowest BCUT2D eigenvalue weighted by molar-refractivity contribution is -0.137. The summed E-state index contributed by atoms with van der Waals surface area (Å²) in [5.41, 5.74) is -0.595. The molecule has 1 heterocycles. The van der Waals surface area contributed by atoms with Crippen molar-refractivity contribution in [1.29, 1.82) is 0 Å². The number of hydrogen-bond donors (Lipinski definition) is 1. The van der Waals surface area contributed by atoms with E-state index in [0.717, 1.165) is 12.1 Å². The number of carbonyl (C=O) groups excluding carboxylic acids is 2. The first-order valence-corrected chi connectivity index (χ1v) is 8.95. The van der Waals surface area contributed by atoms with Crippen LogP contribution < -0.4 is 19.7 Å². The number of nitrogens with one attached hydrogen (secondary N) is 1. The molecule has 1 aliphatic heterocycles. The van der Waals surface area contributed by atoms with Gasteiger partial charge in [-0.2, -0.15) is 13.2 Å². The first kappa shape index (κ1) is 20.5. The number of benzene rings is 2. The van der Waals surface area contributed by atoms with E-state index in [2.05, 4.69) is 5.32 Å². The predicted molar refractivity (Wildman–Crippen MR) is 100 cm³/mol. The summed E-state index contributed by atoms with van der Waals surface area (Å²) in [6.07, 6.45) is -3.92. The molecule has 0 bridgehead atoms. The zero-order chi connectivity index (χ0) is 21.0. The third-order valence-electron chi connectivity index (χ3n) is 4.15. The van der Waals surface area contributed by atoms with Gasteiger partial charge in [0, 0.05) is 0 Å². The Morgan fingerprint density at radius 2 is 2.00 bits per heavy atom. The quantitative estimate of drug-likeness (QED) is 0.788. The van der Waals surface area contributed by atoms with Crippen LogP contribution in [0.2, 0.25) is 0 Å². The maximum Gasteiger partial charge on any atom is 0.416 e. The fraction of sp³-hybridized carbons (Fsp3) is 0.300. The molecule has 0 aromatic heterocycles. The lowest BCUT2D eigenvalue weighted by Crippen LogP contribution is -2.43. The van der Waals surface area contributed by atoms with Gasteiger partial charge in [0.25, 0.3) is 5.91 Å². The second-order valence-corrected chi connectivity index (χ2v) is 6.34. The predicted octanol–water partition coefficient (Wildman–Crippen LogP) is 3.86. The summed E-state index contributed by atoms with van der Waals surface area (Å²) in [5.74, 6) is -0.506. The molecule has 0 spiro atoms. The van der Waals surface area contributed by atoms with Gasteiger partial charge in [-0.3, -0.25) is 14.5 Å². The van der Waals surface area contributed by atoms with Crippen LogP contribution in [0.15, 0.2) is 42.5 Å². The second kappa shape index (κ2) is 8.42. The van der Waals surface area contributed by atoms with Crippen molar-refractivity contribution in [3.05, 3.63) is 48.0 Å². The van der Waals surface area contributed by atoms with Crippen LogP contribution in [-0.2, 0) is 15.8 Å². The van der Waals surface area contributed by atoms with Crippen LogP contribution in [0.4, 0.5) is 24.5 Å². The van der Waals surface area contributed by atoms with Gasteiger partial charge in [0.05, 0.1) is 23.5 Å². The highest BCUT2D eigenvalue weighted by atomic mass is 19.4. The van der Waals surface area contributed by atoms with Crippen LogP contribution in [-0.4, -0.2) is 31.6 Å². The summed E-state index contributed by atoms with van der Waals surface area (Å²) in [4.78, 5) is 26.0. The summed E-state index contributed by atoms with van der Waals surface area (Å²) >= 11 is 0. The number of alkyl halides is 3. The fourth-order valence-electron chi connectivity index (χ4n) is 2.80. The van der Waals surface area contributed by atoms with E-state index < -0.39 is 23.6 Å². The number of carbonyl (C=O) groups is 2. The molecule has 0 radical (unpaired) electrons. The van der Waals surface area contributed by atoms with E-state index >= 15 is 0 Å². The average Bonchev–Trinajstić information content (AvgIpc) is 2.68. The SMILES string of the molecule is CCCOc1ccc(C(F)(F)F)cc1NC(=O)CN1C(=O)COc2ccccc21. The molecular formula is C20H19F3N2O4. The Hall–Kier alpha value is -3.23. The Kier molecular flexibility index (Phi) is 5.95. The molecule has 0 atom stereocenters. The molecule has 0 saturated carbocycles. The molecular weight excluding hydrogens is 389 g/mol. The van der Waals surface area contributed by atoms with E-state index in [-0.39, 0.29) is 31.2 Å². The smallest absolute Gasteiger partial charge is 0.416 e. The molecule has 3 rings (SSSR count). The minimum atomic E-state index is -4.57. The zero-order valence-electron chi connectivity index (χ0n) is 15.6. The van der Waals surface area contributed by atoms with Crippen LogP contribution >= 0.6 is 0 Å². The molecule has 0 aliphatic carbocycles. The molecule has 2 aromatic carbocycles. The van der Waals surface area contributed by atoms with Gasteiger partial charge in [0.15, 0.2) is 6.61 Å². The summed E-state index contributed by atoms with van der Waals surface area (Å²) in [6, 6.07) is 9.58. The number of ether oxygens (including phenoxy) is 2. The number of halogens is 3. The summed E-state index contributed by atoms with van der Waals surface area (Å²) in [6.45, 7) is 1.54. The molecule has 2 aromatic rings. The highest BCUT2D eigenvalue weighted by molar-refractivity contribution is 6.05. The number of anilines is 2. The lowest BCUT2D eigenvalue weighted by atomic mass is 10.1. The monoisotopic (exact) mass is 408 g/mol. The minimum absolute atomic E-state index is 0.104. The number of fused-ring (bicyclic) bond motifs is 1. The number of nitrogens with zero attached hydrogens (tertiary/aromatic N) is 1. The topological polar surface area (TPSA) is 67.9 Å². The van der Waals surface area contributed by atoms with Gasteiger partial charge in [-0.25, -0.2) is 0 Å². The van der Waals surface area contributed by atoms with Crippen LogP contribution in [0, 0.1) is 0 Å². The Morgan fingerprint density at radius 1 is 1.24 bits per heavy atom. The molecule has 154 valence electrons. The van der Waals surface area contributed by atoms with Crippen molar-refractivity contribution in [3.8, 4) is 11.5 Å². The average molecular weight is 408 g/mol. The van der Waals surface area contributed by atoms with Gasteiger partial charge in [0.2, 0.25) is 5.91 Å². The Labute approximate surface area is 165 Å². The molecule has 1 aliphatic rings. The van der Waals surface area contributed by atoms with Gasteiger partial charge in [-0.15, -0.1) is 0 Å². The van der Waals surface area contributed by atoms with Crippen molar-refractivity contribution in [2.45, 2.75) is 19.5 Å². The van der Waals surface area contributed by atoms with E-state index in [1.807, 2.05) is 6.92 Å². The maximum absolute atomic E-state index is 13.1. The third-order valence-corrected chi connectivity index (χ3v) is 4.15. The molecule has 0 fully saturated rings. The summed E-state index contributed by atoms with van der Waals surface area (Å²) in [7, 11) is 0. The van der Waals surface area contributed by atoms with Gasteiger partial charge in [-0.1, -0.05) is 19.1 Å². The molecule has 0 saturated heterocycles. The normalized spacial score (nSPS) is 13.5. The van der Waals surface area contributed by atoms with E-state index in [0.29, 0.717) is 17.9 Å². The van der Waals surface area contributed by atoms with Gasteiger partial charge < -0.3 is 14.8 Å². The highest BCUT2D eigenvalue weighted by Crippen LogP contribution is 2.35. The first-order valence-electron chi connectivity index (χ1n) is 8.95. The van der Waals surface area contributed by atoms with Crippen LogP contribution in [0.5, 0.6) is 11.5 Å². The number of rotatable bonds is 6. The largest absolute Gasteiger partial charge is 0.491 e. The van der Waals surface area contributed by atoms with E-state index in [9.17, 15) is 22.8 Å². The summed E-state index contributed by atoms with van der Waals surface area (Å²) < 4.78 is 49.9. The number of hydrogen-bond acceptors (Lipinski definition) is 4. The van der Waals surface area contributed by atoms with Crippen molar-refractivity contribution < 1.29 is 32.2 Å². The van der Waals surface area contributed by atoms with E-state index in [1.54, 1.807) is 24.3 Å². The van der Waals surface area contributed by atoms with Crippen LogP contribution in [0.1, 0.15) is 18.9 Å². The highest BCUT2D eigenvalue weighted by Gasteiger charge is 2.32. The Bertz CT molecular complexity index is 915. The molecule has 1 N–H and O–H groups in total. The maximum atomic E-state index is 13.1. The van der Waals surface area contributed by atoms with Crippen molar-refractivity contribution in [3.63, 3.8) is 0 Å². The molecule has 2 amide bonds. The van der Waals surface area contributed by atoms with Gasteiger partial charge in [0.1, 0.15) is 18.0 Å². The Balaban J connectivity index is 1.82. The lowest BCUT2D eigenvalue weighted by Gasteiger charge is -2.28. The Morgan fingerprint density at radius 3 is 2.72 bits per heavy atom. The van der Waals surface area contributed by atoms with Crippen LogP contribution in [0.3, 0.4) is 0 Å². The molecule has 9 heteroatoms. The molecule has 0 unspecified atom stereocenters. The fourth-order valence-corrected chi connectivity index (χ4v) is 2.80.